The van der Waals surface area contributed by atoms with Crippen LogP contribution < -0.4 is 0 Å². The Labute approximate surface area is 127 Å². The summed E-state index contributed by atoms with van der Waals surface area (Å²) >= 11 is 0. The van der Waals surface area contributed by atoms with Crippen LogP contribution in [0.5, 0.6) is 0 Å². The van der Waals surface area contributed by atoms with Gasteiger partial charge in [-0.3, -0.25) is 4.68 Å². The molecule has 1 aromatic carbocycles. The van der Waals surface area contributed by atoms with Gasteiger partial charge in [0.15, 0.2) is 5.69 Å². The van der Waals surface area contributed by atoms with Crippen molar-refractivity contribution >= 4 is 5.97 Å². The molecule has 0 bridgehead atoms. The van der Waals surface area contributed by atoms with E-state index in [-0.39, 0.29) is 11.8 Å². The third-order valence-electron chi connectivity index (χ3n) is 3.13. The van der Waals surface area contributed by atoms with Gasteiger partial charge in [-0.2, -0.15) is 10.2 Å². The fraction of sp³-hybridized carbons (Fsp3) is 0.188. The first kappa shape index (κ1) is 14.1. The van der Waals surface area contributed by atoms with Crippen molar-refractivity contribution in [3.05, 3.63) is 66.7 Å². The van der Waals surface area contributed by atoms with E-state index in [4.69, 9.17) is 4.74 Å². The van der Waals surface area contributed by atoms with Gasteiger partial charge in [0.2, 0.25) is 0 Å². The molecule has 0 aliphatic rings. The highest BCUT2D eigenvalue weighted by atomic mass is 16.5. The Kier molecular flexibility index (Phi) is 4.00. The first-order valence-electron chi connectivity index (χ1n) is 7.02. The molecule has 0 radical (unpaired) electrons. The molecule has 6 heteroatoms. The molecule has 2 heterocycles. The van der Waals surface area contributed by atoms with Crippen molar-refractivity contribution in [1.29, 1.82) is 0 Å². The van der Waals surface area contributed by atoms with E-state index in [1.54, 1.807) is 27.8 Å². The van der Waals surface area contributed by atoms with Gasteiger partial charge < -0.3 is 4.74 Å². The minimum Gasteiger partial charge on any atom is -0.456 e. The Morgan fingerprint density at radius 3 is 2.73 bits per heavy atom. The zero-order valence-electron chi connectivity index (χ0n) is 12.2. The molecule has 1 atom stereocenters. The number of hydrogen-bond donors (Lipinski definition) is 0. The van der Waals surface area contributed by atoms with E-state index >= 15 is 0 Å². The van der Waals surface area contributed by atoms with Crippen LogP contribution in [0.25, 0.3) is 5.69 Å². The minimum absolute atomic E-state index is 0.283. The second kappa shape index (κ2) is 6.26. The Hall–Kier alpha value is -2.89. The number of esters is 1. The van der Waals surface area contributed by atoms with E-state index in [2.05, 4.69) is 10.2 Å². The lowest BCUT2D eigenvalue weighted by Crippen LogP contribution is -2.21. The third kappa shape index (κ3) is 3.22. The molecule has 0 aliphatic carbocycles. The summed E-state index contributed by atoms with van der Waals surface area (Å²) in [5.74, 6) is -0.436. The summed E-state index contributed by atoms with van der Waals surface area (Å²) in [4.78, 5) is 12.1. The molecule has 0 saturated heterocycles. The minimum atomic E-state index is -0.436. The fourth-order valence-electron chi connectivity index (χ4n) is 2.11. The molecule has 0 unspecified atom stereocenters. The highest BCUT2D eigenvalue weighted by Gasteiger charge is 2.15. The maximum atomic E-state index is 12.1. The number of ether oxygens (including phenoxy) is 1. The molecule has 2 aromatic heterocycles. The highest BCUT2D eigenvalue weighted by Crippen LogP contribution is 2.09. The first-order chi connectivity index (χ1) is 10.7. The highest BCUT2D eigenvalue weighted by molar-refractivity contribution is 5.87. The molecule has 0 spiro atoms. The molecule has 6 nitrogen and oxygen atoms in total. The number of benzene rings is 1. The molecule has 22 heavy (non-hydrogen) atoms. The number of nitrogens with zero attached hydrogens (tertiary/aromatic N) is 4. The van der Waals surface area contributed by atoms with E-state index in [0.29, 0.717) is 6.54 Å². The second-order valence-electron chi connectivity index (χ2n) is 4.93. The van der Waals surface area contributed by atoms with Crippen LogP contribution in [-0.4, -0.2) is 31.6 Å². The van der Waals surface area contributed by atoms with Crippen LogP contribution in [0, 0.1) is 0 Å². The van der Waals surface area contributed by atoms with Crippen LogP contribution in [0.3, 0.4) is 0 Å². The molecule has 0 amide bonds. The van der Waals surface area contributed by atoms with Crippen molar-refractivity contribution < 1.29 is 9.53 Å². The van der Waals surface area contributed by atoms with Crippen molar-refractivity contribution in [2.24, 2.45) is 0 Å². The predicted octanol–water partition coefficient (Wildman–Crippen LogP) is 2.31. The third-order valence-corrected chi connectivity index (χ3v) is 3.13. The van der Waals surface area contributed by atoms with Gasteiger partial charge in [0.05, 0.1) is 12.2 Å². The number of aromatic nitrogens is 4. The number of carbonyl (C=O) groups excluding carboxylic acids is 1. The summed E-state index contributed by atoms with van der Waals surface area (Å²) < 4.78 is 8.75. The van der Waals surface area contributed by atoms with Crippen LogP contribution in [0.2, 0.25) is 0 Å². The average molecular weight is 296 g/mol. The maximum absolute atomic E-state index is 12.1. The molecular weight excluding hydrogens is 280 g/mol. The maximum Gasteiger partial charge on any atom is 0.359 e. The summed E-state index contributed by atoms with van der Waals surface area (Å²) in [7, 11) is 0. The average Bonchev–Trinajstić information content (AvgIpc) is 3.19. The zero-order chi connectivity index (χ0) is 15.4. The van der Waals surface area contributed by atoms with Crippen molar-refractivity contribution in [1.82, 2.24) is 19.6 Å². The van der Waals surface area contributed by atoms with Gasteiger partial charge in [0.25, 0.3) is 0 Å². The van der Waals surface area contributed by atoms with Gasteiger partial charge in [0, 0.05) is 18.6 Å². The predicted molar refractivity (Wildman–Crippen MR) is 80.7 cm³/mol. The fourth-order valence-corrected chi connectivity index (χ4v) is 2.11. The van der Waals surface area contributed by atoms with Gasteiger partial charge in [-0.05, 0) is 31.2 Å². The summed E-state index contributed by atoms with van der Waals surface area (Å²) in [6.45, 7) is 2.34. The van der Waals surface area contributed by atoms with Gasteiger partial charge >= 0.3 is 5.97 Å². The summed E-state index contributed by atoms with van der Waals surface area (Å²) in [5.41, 5.74) is 1.18. The first-order valence-corrected chi connectivity index (χ1v) is 7.02. The van der Waals surface area contributed by atoms with E-state index < -0.39 is 5.97 Å². The summed E-state index contributed by atoms with van der Waals surface area (Å²) in [6, 6.07) is 13.1. The summed E-state index contributed by atoms with van der Waals surface area (Å²) in [6.07, 6.45) is 4.98. The molecule has 0 saturated carbocycles. The number of carbonyl (C=O) groups is 1. The van der Waals surface area contributed by atoms with Crippen molar-refractivity contribution in [2.45, 2.75) is 19.6 Å². The standard InChI is InChI=1S/C16H16N4O2/c1-13(12-19-10-5-9-17-19)22-16(21)15-8-11-20(18-15)14-6-3-2-4-7-14/h2-11,13H,12H2,1H3/t13-/m0/s1. The van der Waals surface area contributed by atoms with Crippen LogP contribution in [0.15, 0.2) is 61.1 Å². The Bertz CT molecular complexity index is 735. The molecule has 0 N–H and O–H groups in total. The Morgan fingerprint density at radius 2 is 2.00 bits per heavy atom. The Morgan fingerprint density at radius 1 is 1.18 bits per heavy atom. The molecular formula is C16H16N4O2. The number of rotatable bonds is 5. The normalized spacial score (nSPS) is 12.0. The number of para-hydroxylation sites is 1. The number of hydrogen-bond acceptors (Lipinski definition) is 4. The lowest BCUT2D eigenvalue weighted by atomic mass is 10.3. The van der Waals surface area contributed by atoms with E-state index in [9.17, 15) is 4.79 Å². The van der Waals surface area contributed by atoms with E-state index in [1.807, 2.05) is 49.5 Å². The molecule has 112 valence electrons. The van der Waals surface area contributed by atoms with Crippen molar-refractivity contribution in [3.8, 4) is 5.69 Å². The quantitative estimate of drug-likeness (QED) is 0.678. The molecule has 3 aromatic rings. The van der Waals surface area contributed by atoms with Crippen molar-refractivity contribution in [3.63, 3.8) is 0 Å². The lowest BCUT2D eigenvalue weighted by molar-refractivity contribution is 0.0291. The largest absolute Gasteiger partial charge is 0.456 e. The molecule has 0 aliphatic heterocycles. The van der Waals surface area contributed by atoms with E-state index in [1.165, 1.54) is 0 Å². The smallest absolute Gasteiger partial charge is 0.359 e. The van der Waals surface area contributed by atoms with Crippen LogP contribution in [0.1, 0.15) is 17.4 Å². The van der Waals surface area contributed by atoms with Crippen molar-refractivity contribution in [2.75, 3.05) is 0 Å². The van der Waals surface area contributed by atoms with Gasteiger partial charge in [-0.15, -0.1) is 0 Å². The second-order valence-corrected chi connectivity index (χ2v) is 4.93. The lowest BCUT2D eigenvalue weighted by Gasteiger charge is -2.12. The summed E-state index contributed by atoms with van der Waals surface area (Å²) in [5, 5.41) is 8.34. The van der Waals surface area contributed by atoms with Crippen LogP contribution in [0.4, 0.5) is 0 Å². The van der Waals surface area contributed by atoms with Gasteiger partial charge in [-0.25, -0.2) is 9.48 Å². The topological polar surface area (TPSA) is 61.9 Å². The molecule has 3 rings (SSSR count). The van der Waals surface area contributed by atoms with Gasteiger partial charge in [0.1, 0.15) is 6.10 Å². The van der Waals surface area contributed by atoms with Crippen LogP contribution >= 0.6 is 0 Å². The molecule has 0 fully saturated rings. The Balaban J connectivity index is 1.64. The van der Waals surface area contributed by atoms with E-state index in [0.717, 1.165) is 5.69 Å². The van der Waals surface area contributed by atoms with Crippen LogP contribution in [-0.2, 0) is 11.3 Å². The zero-order valence-corrected chi connectivity index (χ0v) is 12.2. The SMILES string of the molecule is C[C@@H](Cn1cccn1)OC(=O)c1ccn(-c2ccccc2)n1. The monoisotopic (exact) mass is 296 g/mol. The van der Waals surface area contributed by atoms with Gasteiger partial charge in [-0.1, -0.05) is 18.2 Å².